The first-order valence-corrected chi connectivity index (χ1v) is 8.04. The molecule has 0 atom stereocenters. The maximum atomic E-state index is 13.0. The number of pyridine rings is 1. The lowest BCUT2D eigenvalue weighted by atomic mass is 10.2. The van der Waals surface area contributed by atoms with Gasteiger partial charge in [-0.1, -0.05) is 24.3 Å². The molecule has 0 radical (unpaired) electrons. The molecule has 0 fully saturated rings. The van der Waals surface area contributed by atoms with Crippen LogP contribution in [0.2, 0.25) is 0 Å². The molecule has 0 spiro atoms. The number of rotatable bonds is 6. The van der Waals surface area contributed by atoms with Crippen molar-refractivity contribution in [1.29, 1.82) is 0 Å². The summed E-state index contributed by atoms with van der Waals surface area (Å²) < 4.78 is 0. The Balaban J connectivity index is 1.84. The first-order valence-electron chi connectivity index (χ1n) is 8.04. The molecule has 5 nitrogen and oxygen atoms in total. The number of aromatic amines is 1. The van der Waals surface area contributed by atoms with Crippen molar-refractivity contribution in [3.8, 4) is 0 Å². The highest BCUT2D eigenvalue weighted by atomic mass is 16.2. The molecule has 1 aromatic carbocycles. The van der Waals surface area contributed by atoms with Crippen molar-refractivity contribution in [3.63, 3.8) is 0 Å². The number of para-hydroxylation sites is 1. The van der Waals surface area contributed by atoms with Gasteiger partial charge >= 0.3 is 0 Å². The molecule has 2 heterocycles. The van der Waals surface area contributed by atoms with E-state index in [1.54, 1.807) is 12.4 Å². The number of hydrogen-bond acceptors (Lipinski definition) is 3. The van der Waals surface area contributed by atoms with Gasteiger partial charge in [0.15, 0.2) is 0 Å². The molecule has 0 bridgehead atoms. The summed E-state index contributed by atoms with van der Waals surface area (Å²) in [6.45, 7) is 2.03. The van der Waals surface area contributed by atoms with Gasteiger partial charge in [0.1, 0.15) is 5.69 Å². The van der Waals surface area contributed by atoms with Crippen LogP contribution in [0.1, 0.15) is 16.1 Å². The molecule has 124 valence electrons. The Hall–Kier alpha value is -2.66. The minimum atomic E-state index is 0.0110. The number of likely N-dealkylation sites (N-methyl/N-ethyl adjacent to an activating group) is 1. The lowest BCUT2D eigenvalue weighted by Gasteiger charge is -2.24. The number of nitrogens with zero attached hydrogens (tertiary/aromatic N) is 3. The van der Waals surface area contributed by atoms with Crippen LogP contribution in [-0.2, 0) is 6.54 Å². The smallest absolute Gasteiger partial charge is 0.270 e. The van der Waals surface area contributed by atoms with E-state index in [0.29, 0.717) is 18.8 Å². The summed E-state index contributed by atoms with van der Waals surface area (Å²) in [5.41, 5.74) is 2.63. The number of benzene rings is 1. The average Bonchev–Trinajstić information content (AvgIpc) is 3.03. The maximum Gasteiger partial charge on any atom is 0.270 e. The molecule has 0 saturated heterocycles. The highest BCUT2D eigenvalue weighted by molar-refractivity contribution is 5.98. The fourth-order valence-electron chi connectivity index (χ4n) is 2.64. The Morgan fingerprint density at radius 2 is 1.96 bits per heavy atom. The number of hydrogen-bond donors (Lipinski definition) is 1. The van der Waals surface area contributed by atoms with Crippen molar-refractivity contribution < 1.29 is 4.79 Å². The molecule has 0 aliphatic rings. The van der Waals surface area contributed by atoms with Crippen molar-refractivity contribution in [3.05, 3.63) is 66.1 Å². The van der Waals surface area contributed by atoms with E-state index in [2.05, 4.69) is 14.9 Å². The Morgan fingerprint density at radius 1 is 1.12 bits per heavy atom. The number of H-pyrrole nitrogens is 1. The fraction of sp³-hybridized carbons (Fsp3) is 0.263. The molecule has 3 aromatic rings. The van der Waals surface area contributed by atoms with Crippen molar-refractivity contribution in [1.82, 2.24) is 19.8 Å². The molecule has 0 aliphatic heterocycles. The van der Waals surface area contributed by atoms with Crippen LogP contribution in [0.3, 0.4) is 0 Å². The van der Waals surface area contributed by atoms with Crippen LogP contribution in [0.5, 0.6) is 0 Å². The number of nitrogens with one attached hydrogen (secondary N) is 1. The molecule has 2 aromatic heterocycles. The summed E-state index contributed by atoms with van der Waals surface area (Å²) in [6.07, 6.45) is 3.55. The summed E-state index contributed by atoms with van der Waals surface area (Å²) >= 11 is 0. The minimum absolute atomic E-state index is 0.0110. The Morgan fingerprint density at radius 3 is 2.67 bits per heavy atom. The summed E-state index contributed by atoms with van der Waals surface area (Å²) in [4.78, 5) is 24.3. The second kappa shape index (κ2) is 7.27. The van der Waals surface area contributed by atoms with E-state index in [-0.39, 0.29) is 5.91 Å². The van der Waals surface area contributed by atoms with Gasteiger partial charge in [-0.15, -0.1) is 0 Å². The second-order valence-corrected chi connectivity index (χ2v) is 6.16. The van der Waals surface area contributed by atoms with Gasteiger partial charge in [-0.2, -0.15) is 0 Å². The summed E-state index contributed by atoms with van der Waals surface area (Å²) in [5, 5.41) is 1.05. The van der Waals surface area contributed by atoms with Gasteiger partial charge in [-0.25, -0.2) is 0 Å². The van der Waals surface area contributed by atoms with E-state index >= 15 is 0 Å². The zero-order chi connectivity index (χ0) is 16.9. The molecule has 3 rings (SSSR count). The monoisotopic (exact) mass is 322 g/mol. The number of fused-ring (bicyclic) bond motifs is 1. The summed E-state index contributed by atoms with van der Waals surface area (Å²) in [6, 6.07) is 13.7. The van der Waals surface area contributed by atoms with Crippen molar-refractivity contribution in [2.45, 2.75) is 6.54 Å². The van der Waals surface area contributed by atoms with Crippen LogP contribution in [0.25, 0.3) is 10.9 Å². The predicted molar refractivity (Wildman–Crippen MR) is 95.8 cm³/mol. The van der Waals surface area contributed by atoms with Crippen LogP contribution >= 0.6 is 0 Å². The number of amides is 1. The van der Waals surface area contributed by atoms with E-state index in [1.807, 2.05) is 61.5 Å². The fourth-order valence-corrected chi connectivity index (χ4v) is 2.64. The molecule has 1 N–H and O–H groups in total. The lowest BCUT2D eigenvalue weighted by molar-refractivity contribution is 0.0727. The van der Waals surface area contributed by atoms with Crippen LogP contribution in [0.4, 0.5) is 0 Å². The van der Waals surface area contributed by atoms with Crippen LogP contribution in [0, 0.1) is 0 Å². The highest BCUT2D eigenvalue weighted by Crippen LogP contribution is 2.17. The lowest BCUT2D eigenvalue weighted by Crippen LogP contribution is -2.36. The van der Waals surface area contributed by atoms with Gasteiger partial charge in [0, 0.05) is 42.9 Å². The van der Waals surface area contributed by atoms with Crippen LogP contribution in [0.15, 0.2) is 54.9 Å². The standard InChI is InChI=1S/C19H22N4O/c1-22(2)10-11-23(14-15-6-5-9-20-13-15)19(24)18-12-16-7-3-4-8-17(16)21-18/h3-9,12-13,21H,10-11,14H2,1-2H3. The number of carbonyl (C=O) groups excluding carboxylic acids is 1. The minimum Gasteiger partial charge on any atom is -0.351 e. The van der Waals surface area contributed by atoms with Gasteiger partial charge in [-0.3, -0.25) is 9.78 Å². The quantitative estimate of drug-likeness (QED) is 0.759. The van der Waals surface area contributed by atoms with Gasteiger partial charge in [0.05, 0.1) is 0 Å². The first kappa shape index (κ1) is 16.2. The van der Waals surface area contributed by atoms with E-state index < -0.39 is 0 Å². The van der Waals surface area contributed by atoms with Gasteiger partial charge < -0.3 is 14.8 Å². The third kappa shape index (κ3) is 3.81. The number of carbonyl (C=O) groups is 1. The topological polar surface area (TPSA) is 52.2 Å². The Bertz CT molecular complexity index is 777. The van der Waals surface area contributed by atoms with E-state index in [1.165, 1.54) is 0 Å². The van der Waals surface area contributed by atoms with Crippen LogP contribution < -0.4 is 0 Å². The van der Waals surface area contributed by atoms with E-state index in [0.717, 1.165) is 23.0 Å². The predicted octanol–water partition coefficient (Wildman–Crippen LogP) is 2.77. The normalized spacial score (nSPS) is 11.1. The summed E-state index contributed by atoms with van der Waals surface area (Å²) in [7, 11) is 4.02. The molecule has 24 heavy (non-hydrogen) atoms. The van der Waals surface area contributed by atoms with Crippen molar-refractivity contribution in [2.24, 2.45) is 0 Å². The van der Waals surface area contributed by atoms with Crippen molar-refractivity contribution >= 4 is 16.8 Å². The molecule has 0 saturated carbocycles. The van der Waals surface area contributed by atoms with Gasteiger partial charge in [0.25, 0.3) is 5.91 Å². The summed E-state index contributed by atoms with van der Waals surface area (Å²) in [5.74, 6) is 0.0110. The molecule has 5 heteroatoms. The van der Waals surface area contributed by atoms with Crippen molar-refractivity contribution in [2.75, 3.05) is 27.2 Å². The zero-order valence-electron chi connectivity index (χ0n) is 14.1. The largest absolute Gasteiger partial charge is 0.351 e. The maximum absolute atomic E-state index is 13.0. The highest BCUT2D eigenvalue weighted by Gasteiger charge is 2.18. The molecule has 0 unspecified atom stereocenters. The third-order valence-electron chi connectivity index (χ3n) is 3.96. The molecular weight excluding hydrogens is 300 g/mol. The average molecular weight is 322 g/mol. The SMILES string of the molecule is CN(C)CCN(Cc1cccnc1)C(=O)c1cc2ccccc2[nH]1. The van der Waals surface area contributed by atoms with Gasteiger partial charge in [-0.05, 0) is 37.9 Å². The molecule has 1 amide bonds. The first-order chi connectivity index (χ1) is 11.6. The Labute approximate surface area is 141 Å². The molecular formula is C19H22N4O. The van der Waals surface area contributed by atoms with Gasteiger partial charge in [0.2, 0.25) is 0 Å². The van der Waals surface area contributed by atoms with E-state index in [4.69, 9.17) is 0 Å². The van der Waals surface area contributed by atoms with Crippen LogP contribution in [-0.4, -0.2) is 52.9 Å². The van der Waals surface area contributed by atoms with E-state index in [9.17, 15) is 4.79 Å². The number of aromatic nitrogens is 2. The second-order valence-electron chi connectivity index (χ2n) is 6.16. The zero-order valence-corrected chi connectivity index (χ0v) is 14.1. The Kier molecular flexibility index (Phi) is 4.91. The molecule has 0 aliphatic carbocycles. The third-order valence-corrected chi connectivity index (χ3v) is 3.96.